The van der Waals surface area contributed by atoms with E-state index in [0.717, 1.165) is 0 Å². The van der Waals surface area contributed by atoms with Crippen LogP contribution in [0.25, 0.3) is 0 Å². The number of nitrogens with zero attached hydrogens (tertiary/aromatic N) is 3. The molecule has 0 bridgehead atoms. The molecule has 2 aromatic rings. The van der Waals surface area contributed by atoms with Crippen molar-refractivity contribution < 1.29 is 4.74 Å². The maximum absolute atomic E-state index is 5.39. The third-order valence-corrected chi connectivity index (χ3v) is 1.43. The second kappa shape index (κ2) is 3.62. The quantitative estimate of drug-likeness (QED) is 0.693. The van der Waals surface area contributed by atoms with Gasteiger partial charge in [0.15, 0.2) is 0 Å². The van der Waals surface area contributed by atoms with Gasteiger partial charge in [-0.05, 0) is 12.1 Å². The fraction of sp³-hybridized carbons (Fsp3) is 0. The molecule has 0 saturated carbocycles. The Bertz CT molecular complexity index is 326. The molecule has 0 amide bonds. The van der Waals surface area contributed by atoms with Crippen molar-refractivity contribution in [2.45, 2.75) is 0 Å². The smallest absolute Gasteiger partial charge is 0.222 e. The zero-order chi connectivity index (χ0) is 8.93. The van der Waals surface area contributed by atoms with Gasteiger partial charge in [0.1, 0.15) is 12.1 Å². The summed E-state index contributed by atoms with van der Waals surface area (Å²) in [4.78, 5) is 11.6. The molecule has 64 valence electrons. The number of rotatable bonds is 2. The molecule has 0 atom stereocenters. The van der Waals surface area contributed by atoms with Gasteiger partial charge in [-0.1, -0.05) is 0 Å². The monoisotopic (exact) mass is 173 g/mol. The van der Waals surface area contributed by atoms with Gasteiger partial charge >= 0.3 is 0 Å². The van der Waals surface area contributed by atoms with E-state index in [1.165, 1.54) is 6.33 Å². The van der Waals surface area contributed by atoms with Gasteiger partial charge in [-0.25, -0.2) is 9.97 Å². The SMILES string of the molecule is c1cc(Oc2ccncn2)ccn1. The molecule has 0 N–H and O–H groups in total. The van der Waals surface area contributed by atoms with Crippen LogP contribution in [0.3, 0.4) is 0 Å². The first-order valence-corrected chi connectivity index (χ1v) is 3.79. The molecule has 2 heterocycles. The normalized spacial score (nSPS) is 9.54. The summed E-state index contributed by atoms with van der Waals surface area (Å²) in [7, 11) is 0. The summed E-state index contributed by atoms with van der Waals surface area (Å²) < 4.78 is 5.39. The molecule has 4 nitrogen and oxygen atoms in total. The van der Waals surface area contributed by atoms with E-state index < -0.39 is 0 Å². The molecule has 2 aromatic heterocycles. The Labute approximate surface area is 75.3 Å². The van der Waals surface area contributed by atoms with E-state index in [-0.39, 0.29) is 0 Å². The average molecular weight is 173 g/mol. The van der Waals surface area contributed by atoms with Crippen LogP contribution in [-0.4, -0.2) is 15.0 Å². The van der Waals surface area contributed by atoms with Crippen LogP contribution in [0.4, 0.5) is 0 Å². The minimum atomic E-state index is 0.529. The summed E-state index contributed by atoms with van der Waals surface area (Å²) in [6.45, 7) is 0. The first-order valence-electron chi connectivity index (χ1n) is 3.79. The van der Waals surface area contributed by atoms with Crippen molar-refractivity contribution >= 4 is 0 Å². The lowest BCUT2D eigenvalue weighted by atomic mass is 10.4. The molecular formula is C9H7N3O. The van der Waals surface area contributed by atoms with Crippen molar-refractivity contribution in [3.63, 3.8) is 0 Å². The Balaban J connectivity index is 2.16. The maximum atomic E-state index is 5.39. The molecular weight excluding hydrogens is 166 g/mol. The van der Waals surface area contributed by atoms with Crippen LogP contribution in [-0.2, 0) is 0 Å². The zero-order valence-electron chi connectivity index (χ0n) is 6.79. The van der Waals surface area contributed by atoms with E-state index in [4.69, 9.17) is 4.74 Å². The number of hydrogen-bond acceptors (Lipinski definition) is 4. The molecule has 0 saturated heterocycles. The van der Waals surface area contributed by atoms with E-state index in [0.29, 0.717) is 11.6 Å². The van der Waals surface area contributed by atoms with Crippen molar-refractivity contribution in [1.82, 2.24) is 15.0 Å². The highest BCUT2D eigenvalue weighted by Gasteiger charge is 1.94. The second-order valence-electron chi connectivity index (χ2n) is 2.33. The minimum absolute atomic E-state index is 0.529. The standard InChI is InChI=1S/C9H7N3O/c1-4-10-5-2-8(1)13-9-3-6-11-7-12-9/h1-7H. The van der Waals surface area contributed by atoms with Crippen LogP contribution in [0, 0.1) is 0 Å². The lowest BCUT2D eigenvalue weighted by Gasteiger charge is -2.01. The highest BCUT2D eigenvalue weighted by molar-refractivity contribution is 5.22. The van der Waals surface area contributed by atoms with E-state index in [1.54, 1.807) is 36.8 Å². The Hall–Kier alpha value is -1.97. The van der Waals surface area contributed by atoms with Gasteiger partial charge in [0.05, 0.1) is 0 Å². The summed E-state index contributed by atoms with van der Waals surface area (Å²) >= 11 is 0. The first-order chi connectivity index (χ1) is 6.45. The van der Waals surface area contributed by atoms with E-state index in [2.05, 4.69) is 15.0 Å². The Kier molecular flexibility index (Phi) is 2.14. The van der Waals surface area contributed by atoms with Crippen LogP contribution < -0.4 is 4.74 Å². The van der Waals surface area contributed by atoms with E-state index in [1.807, 2.05) is 0 Å². The predicted molar refractivity (Wildman–Crippen MR) is 46.3 cm³/mol. The summed E-state index contributed by atoms with van der Waals surface area (Å²) in [6, 6.07) is 5.23. The highest BCUT2D eigenvalue weighted by Crippen LogP contribution is 2.15. The van der Waals surface area contributed by atoms with Crippen LogP contribution in [0.2, 0.25) is 0 Å². The third-order valence-electron chi connectivity index (χ3n) is 1.43. The largest absolute Gasteiger partial charge is 0.439 e. The molecule has 0 spiro atoms. The molecule has 0 radical (unpaired) electrons. The Morgan fingerprint density at radius 3 is 2.38 bits per heavy atom. The van der Waals surface area contributed by atoms with Crippen molar-refractivity contribution in [1.29, 1.82) is 0 Å². The van der Waals surface area contributed by atoms with Gasteiger partial charge < -0.3 is 4.74 Å². The summed E-state index contributed by atoms with van der Waals surface area (Å²) in [5.74, 6) is 1.25. The molecule has 4 heteroatoms. The predicted octanol–water partition coefficient (Wildman–Crippen LogP) is 1.66. The van der Waals surface area contributed by atoms with Crippen molar-refractivity contribution in [3.05, 3.63) is 43.1 Å². The van der Waals surface area contributed by atoms with Gasteiger partial charge in [0.25, 0.3) is 0 Å². The van der Waals surface area contributed by atoms with Crippen LogP contribution >= 0.6 is 0 Å². The minimum Gasteiger partial charge on any atom is -0.439 e. The van der Waals surface area contributed by atoms with Crippen molar-refractivity contribution in [3.8, 4) is 11.6 Å². The molecule has 13 heavy (non-hydrogen) atoms. The lowest BCUT2D eigenvalue weighted by Crippen LogP contribution is -1.87. The number of aromatic nitrogens is 3. The number of ether oxygens (including phenoxy) is 1. The lowest BCUT2D eigenvalue weighted by molar-refractivity contribution is 0.461. The summed E-state index contributed by atoms with van der Waals surface area (Å²) in [5, 5.41) is 0. The second-order valence-corrected chi connectivity index (χ2v) is 2.33. The van der Waals surface area contributed by atoms with Gasteiger partial charge in [0, 0.05) is 24.7 Å². The van der Waals surface area contributed by atoms with Gasteiger partial charge in [-0.3, -0.25) is 4.98 Å². The molecule has 0 aliphatic rings. The zero-order valence-corrected chi connectivity index (χ0v) is 6.79. The topological polar surface area (TPSA) is 47.9 Å². The molecule has 0 unspecified atom stereocenters. The Morgan fingerprint density at radius 1 is 0.923 bits per heavy atom. The van der Waals surface area contributed by atoms with Crippen LogP contribution in [0.1, 0.15) is 0 Å². The molecule has 0 aliphatic heterocycles. The highest BCUT2D eigenvalue weighted by atomic mass is 16.5. The van der Waals surface area contributed by atoms with E-state index >= 15 is 0 Å². The maximum Gasteiger partial charge on any atom is 0.222 e. The molecule has 0 aromatic carbocycles. The molecule has 0 fully saturated rings. The van der Waals surface area contributed by atoms with Crippen molar-refractivity contribution in [2.24, 2.45) is 0 Å². The summed E-state index contributed by atoms with van der Waals surface area (Å²) in [5.41, 5.74) is 0. The van der Waals surface area contributed by atoms with Gasteiger partial charge in [0.2, 0.25) is 5.88 Å². The van der Waals surface area contributed by atoms with Gasteiger partial charge in [-0.2, -0.15) is 0 Å². The van der Waals surface area contributed by atoms with Crippen molar-refractivity contribution in [2.75, 3.05) is 0 Å². The summed E-state index contributed by atoms with van der Waals surface area (Å²) in [6.07, 6.45) is 6.40. The Morgan fingerprint density at radius 2 is 1.69 bits per heavy atom. The van der Waals surface area contributed by atoms with Crippen LogP contribution in [0.5, 0.6) is 11.6 Å². The van der Waals surface area contributed by atoms with Gasteiger partial charge in [-0.15, -0.1) is 0 Å². The van der Waals surface area contributed by atoms with Crippen LogP contribution in [0.15, 0.2) is 43.1 Å². The fourth-order valence-corrected chi connectivity index (χ4v) is 0.866. The third kappa shape index (κ3) is 1.99. The molecule has 2 rings (SSSR count). The average Bonchev–Trinajstić information content (AvgIpc) is 2.21. The number of pyridine rings is 1. The fourth-order valence-electron chi connectivity index (χ4n) is 0.866. The first kappa shape index (κ1) is 7.67. The van der Waals surface area contributed by atoms with E-state index in [9.17, 15) is 0 Å². The molecule has 0 aliphatic carbocycles. The number of hydrogen-bond donors (Lipinski definition) is 0.